The zero-order valence-corrected chi connectivity index (χ0v) is 13.0. The van der Waals surface area contributed by atoms with Crippen molar-refractivity contribution >= 4 is 5.91 Å². The molecule has 0 heterocycles. The second kappa shape index (κ2) is 8.92. The summed E-state index contributed by atoms with van der Waals surface area (Å²) in [6, 6.07) is 2.30. The lowest BCUT2D eigenvalue weighted by atomic mass is 9.79. The summed E-state index contributed by atoms with van der Waals surface area (Å²) in [6.07, 6.45) is 2.95. The zero-order chi connectivity index (χ0) is 14.9. The van der Waals surface area contributed by atoms with E-state index in [1.165, 1.54) is 0 Å². The first kappa shape index (κ1) is 17.9. The lowest BCUT2D eigenvalue weighted by Crippen LogP contribution is -2.48. The fourth-order valence-corrected chi connectivity index (χ4v) is 2.61. The average Bonchev–Trinajstić information content (AvgIpc) is 2.39. The summed E-state index contributed by atoms with van der Waals surface area (Å²) in [5.41, 5.74) is -0.860. The van der Waals surface area contributed by atoms with E-state index in [0.717, 1.165) is 12.8 Å². The summed E-state index contributed by atoms with van der Waals surface area (Å²) in [6.45, 7) is 9.06. The van der Waals surface area contributed by atoms with Crippen LogP contribution in [0.1, 0.15) is 53.4 Å². The van der Waals surface area contributed by atoms with Crippen molar-refractivity contribution in [3.05, 3.63) is 0 Å². The molecule has 110 valence electrons. The first-order valence-corrected chi connectivity index (χ1v) is 7.24. The van der Waals surface area contributed by atoms with Crippen molar-refractivity contribution in [2.24, 2.45) is 5.41 Å². The van der Waals surface area contributed by atoms with Crippen LogP contribution in [0.3, 0.4) is 0 Å². The summed E-state index contributed by atoms with van der Waals surface area (Å²) in [4.78, 5) is 14.5. The Labute approximate surface area is 117 Å². The molecule has 0 aliphatic rings. The number of hydrogen-bond donors (Lipinski definition) is 0. The molecule has 0 aromatic carbocycles. The predicted molar refractivity (Wildman–Crippen MR) is 76.6 cm³/mol. The van der Waals surface area contributed by atoms with Crippen molar-refractivity contribution in [2.75, 3.05) is 20.3 Å². The van der Waals surface area contributed by atoms with E-state index in [0.29, 0.717) is 26.0 Å². The minimum atomic E-state index is -0.860. The van der Waals surface area contributed by atoms with Gasteiger partial charge < -0.3 is 9.64 Å². The monoisotopic (exact) mass is 268 g/mol. The quantitative estimate of drug-likeness (QED) is 0.646. The largest absolute Gasteiger partial charge is 0.383 e. The molecule has 0 aliphatic heterocycles. The van der Waals surface area contributed by atoms with Crippen LogP contribution < -0.4 is 0 Å². The predicted octanol–water partition coefficient (Wildman–Crippen LogP) is 2.98. The van der Waals surface area contributed by atoms with Gasteiger partial charge in [0.1, 0.15) is 5.41 Å². The maximum atomic E-state index is 12.8. The fourth-order valence-electron chi connectivity index (χ4n) is 2.61. The van der Waals surface area contributed by atoms with Gasteiger partial charge in [0.2, 0.25) is 5.91 Å². The third-order valence-corrected chi connectivity index (χ3v) is 3.52. The van der Waals surface area contributed by atoms with E-state index in [4.69, 9.17) is 4.74 Å². The molecule has 0 aromatic rings. The first-order valence-electron chi connectivity index (χ1n) is 7.24. The molecule has 0 aromatic heterocycles. The van der Waals surface area contributed by atoms with Crippen molar-refractivity contribution in [2.45, 2.75) is 59.4 Å². The first-order chi connectivity index (χ1) is 9.02. The number of likely N-dealkylation sites (N-methyl/N-ethyl adjacent to an activating group) is 1. The molecule has 4 heteroatoms. The van der Waals surface area contributed by atoms with Gasteiger partial charge in [-0.2, -0.15) is 5.26 Å². The summed E-state index contributed by atoms with van der Waals surface area (Å²) in [5, 5.41) is 9.54. The Hall–Kier alpha value is -1.08. The third-order valence-electron chi connectivity index (χ3n) is 3.52. The van der Waals surface area contributed by atoms with E-state index in [-0.39, 0.29) is 11.9 Å². The number of amides is 1. The maximum absolute atomic E-state index is 12.8. The summed E-state index contributed by atoms with van der Waals surface area (Å²) in [7, 11) is 1.63. The second-order valence-corrected chi connectivity index (χ2v) is 5.09. The van der Waals surface area contributed by atoms with Gasteiger partial charge in [-0.3, -0.25) is 4.79 Å². The Bertz CT molecular complexity index is 304. The van der Waals surface area contributed by atoms with Crippen LogP contribution in [0.2, 0.25) is 0 Å². The van der Waals surface area contributed by atoms with Crippen LogP contribution in [0, 0.1) is 16.7 Å². The Morgan fingerprint density at radius 3 is 2.16 bits per heavy atom. The molecule has 1 amide bonds. The molecule has 0 saturated heterocycles. The Morgan fingerprint density at radius 1 is 1.32 bits per heavy atom. The lowest BCUT2D eigenvalue weighted by molar-refractivity contribution is -0.142. The highest BCUT2D eigenvalue weighted by atomic mass is 16.5. The van der Waals surface area contributed by atoms with Gasteiger partial charge in [-0.15, -0.1) is 0 Å². The molecule has 0 saturated carbocycles. The van der Waals surface area contributed by atoms with Crippen molar-refractivity contribution in [1.82, 2.24) is 4.90 Å². The molecule has 0 radical (unpaired) electrons. The highest BCUT2D eigenvalue weighted by Gasteiger charge is 2.40. The smallest absolute Gasteiger partial charge is 0.243 e. The SMILES string of the molecule is CCCC(C#N)(CCC)C(=O)N(CC)C(C)COC. The van der Waals surface area contributed by atoms with Gasteiger partial charge in [0, 0.05) is 13.7 Å². The second-order valence-electron chi connectivity index (χ2n) is 5.09. The van der Waals surface area contributed by atoms with Gasteiger partial charge in [-0.1, -0.05) is 26.7 Å². The van der Waals surface area contributed by atoms with Crippen molar-refractivity contribution in [1.29, 1.82) is 5.26 Å². The number of hydrogen-bond acceptors (Lipinski definition) is 3. The normalized spacial score (nSPS) is 12.8. The van der Waals surface area contributed by atoms with Gasteiger partial charge in [0.25, 0.3) is 0 Å². The fraction of sp³-hybridized carbons (Fsp3) is 0.867. The summed E-state index contributed by atoms with van der Waals surface area (Å²) < 4.78 is 5.13. The van der Waals surface area contributed by atoms with Crippen LogP contribution >= 0.6 is 0 Å². The highest BCUT2D eigenvalue weighted by Crippen LogP contribution is 2.32. The molecule has 0 fully saturated rings. The van der Waals surface area contributed by atoms with E-state index < -0.39 is 5.41 Å². The Balaban J connectivity index is 5.20. The van der Waals surface area contributed by atoms with Gasteiger partial charge >= 0.3 is 0 Å². The number of rotatable bonds is 9. The van der Waals surface area contributed by atoms with E-state index in [2.05, 4.69) is 6.07 Å². The van der Waals surface area contributed by atoms with E-state index in [1.807, 2.05) is 27.7 Å². The molecule has 1 unspecified atom stereocenters. The van der Waals surface area contributed by atoms with Crippen LogP contribution in [0.5, 0.6) is 0 Å². The molecule has 1 atom stereocenters. The van der Waals surface area contributed by atoms with Crippen molar-refractivity contribution < 1.29 is 9.53 Å². The Morgan fingerprint density at radius 2 is 1.84 bits per heavy atom. The molecule has 0 N–H and O–H groups in total. The molecule has 0 spiro atoms. The van der Waals surface area contributed by atoms with Crippen LogP contribution in [-0.2, 0) is 9.53 Å². The standard InChI is InChI=1S/C15H28N2O2/c1-6-9-15(12-16,10-7-2)14(18)17(8-3)13(4)11-19-5/h13H,6-11H2,1-5H3. The maximum Gasteiger partial charge on any atom is 0.243 e. The number of ether oxygens (including phenoxy) is 1. The van der Waals surface area contributed by atoms with Crippen LogP contribution in [0.25, 0.3) is 0 Å². The van der Waals surface area contributed by atoms with Crippen LogP contribution in [0.15, 0.2) is 0 Å². The number of nitriles is 1. The third kappa shape index (κ3) is 4.50. The molecule has 0 rings (SSSR count). The van der Waals surface area contributed by atoms with Gasteiger partial charge in [0.15, 0.2) is 0 Å². The molecule has 19 heavy (non-hydrogen) atoms. The Kier molecular flexibility index (Phi) is 8.42. The number of methoxy groups -OCH3 is 1. The van der Waals surface area contributed by atoms with Crippen LogP contribution in [0.4, 0.5) is 0 Å². The number of nitrogens with zero attached hydrogens (tertiary/aromatic N) is 2. The topological polar surface area (TPSA) is 53.3 Å². The molecular formula is C15H28N2O2. The van der Waals surface area contributed by atoms with Crippen molar-refractivity contribution in [3.63, 3.8) is 0 Å². The minimum absolute atomic E-state index is 0.00365. The molecule has 4 nitrogen and oxygen atoms in total. The van der Waals surface area contributed by atoms with E-state index in [1.54, 1.807) is 12.0 Å². The minimum Gasteiger partial charge on any atom is -0.383 e. The van der Waals surface area contributed by atoms with Gasteiger partial charge in [-0.25, -0.2) is 0 Å². The average molecular weight is 268 g/mol. The molecule has 0 bridgehead atoms. The highest BCUT2D eigenvalue weighted by molar-refractivity contribution is 5.85. The lowest BCUT2D eigenvalue weighted by Gasteiger charge is -2.35. The number of carbonyl (C=O) groups is 1. The van der Waals surface area contributed by atoms with E-state index in [9.17, 15) is 10.1 Å². The summed E-state index contributed by atoms with van der Waals surface area (Å²) >= 11 is 0. The molecular weight excluding hydrogens is 240 g/mol. The number of carbonyl (C=O) groups excluding carboxylic acids is 1. The van der Waals surface area contributed by atoms with Crippen LogP contribution in [-0.4, -0.2) is 37.1 Å². The van der Waals surface area contributed by atoms with Gasteiger partial charge in [0.05, 0.1) is 18.7 Å². The van der Waals surface area contributed by atoms with Gasteiger partial charge in [-0.05, 0) is 26.7 Å². The molecule has 0 aliphatic carbocycles. The summed E-state index contributed by atoms with van der Waals surface area (Å²) in [5.74, 6) is -0.0363. The van der Waals surface area contributed by atoms with Crippen molar-refractivity contribution in [3.8, 4) is 6.07 Å². The zero-order valence-electron chi connectivity index (χ0n) is 13.0. The van der Waals surface area contributed by atoms with E-state index >= 15 is 0 Å².